The number of rotatable bonds is 11. The third-order valence-corrected chi connectivity index (χ3v) is 8.34. The van der Waals surface area contributed by atoms with E-state index in [1.54, 1.807) is 0 Å². The zero-order valence-corrected chi connectivity index (χ0v) is 26.1. The average molecular weight is 673 g/mol. The van der Waals surface area contributed by atoms with E-state index in [1.807, 2.05) is 36.4 Å². The molecule has 0 aliphatic carbocycles. The fourth-order valence-corrected chi connectivity index (χ4v) is 5.94. The standard InChI is InChI=1S/C34H31Br2N3O2/c1-2-3-4-5-6-7-20-40-28-16-10-24(11-17-28)34-38-37-33(41-34)23-8-14-27(15-9-23)39-31-18-12-25(35)21-29(31)30-22-26(36)13-19-32(30)39/h8-19,21-22H,2-7,20H2,1H3. The van der Waals surface area contributed by atoms with Crippen LogP contribution >= 0.6 is 31.9 Å². The molecular weight excluding hydrogens is 642 g/mol. The third-order valence-electron chi connectivity index (χ3n) is 7.35. The highest BCUT2D eigenvalue weighted by Gasteiger charge is 2.15. The smallest absolute Gasteiger partial charge is 0.248 e. The molecule has 0 aliphatic heterocycles. The monoisotopic (exact) mass is 671 g/mol. The number of nitrogens with zero attached hydrogens (tertiary/aromatic N) is 3. The minimum Gasteiger partial charge on any atom is -0.494 e. The second-order valence-corrected chi connectivity index (χ2v) is 12.1. The molecule has 0 radical (unpaired) electrons. The van der Waals surface area contributed by atoms with E-state index in [0.29, 0.717) is 11.8 Å². The molecule has 41 heavy (non-hydrogen) atoms. The molecule has 0 spiro atoms. The number of hydrogen-bond acceptors (Lipinski definition) is 4. The van der Waals surface area contributed by atoms with E-state index in [2.05, 4.69) is 102 Å². The molecule has 208 valence electrons. The molecule has 4 aromatic carbocycles. The summed E-state index contributed by atoms with van der Waals surface area (Å²) in [5.41, 5.74) is 5.10. The minimum atomic E-state index is 0.491. The third kappa shape index (κ3) is 6.11. The quantitative estimate of drug-likeness (QED) is 0.129. The zero-order chi connectivity index (χ0) is 28.2. The lowest BCUT2D eigenvalue weighted by molar-refractivity contribution is 0.304. The van der Waals surface area contributed by atoms with Gasteiger partial charge in [-0.1, -0.05) is 70.9 Å². The molecule has 2 aromatic heterocycles. The molecule has 0 saturated carbocycles. The highest BCUT2D eigenvalue weighted by Crippen LogP contribution is 2.36. The first-order chi connectivity index (χ1) is 20.1. The van der Waals surface area contributed by atoms with Crippen LogP contribution in [0.4, 0.5) is 0 Å². The Morgan fingerprint density at radius 2 is 1.20 bits per heavy atom. The number of aromatic nitrogens is 3. The van der Waals surface area contributed by atoms with E-state index in [-0.39, 0.29) is 0 Å². The maximum absolute atomic E-state index is 6.06. The molecule has 0 fully saturated rings. The lowest BCUT2D eigenvalue weighted by Gasteiger charge is -2.08. The van der Waals surface area contributed by atoms with Gasteiger partial charge in [-0.25, -0.2) is 0 Å². The van der Waals surface area contributed by atoms with Gasteiger partial charge >= 0.3 is 0 Å². The van der Waals surface area contributed by atoms with Crippen LogP contribution in [0.1, 0.15) is 45.4 Å². The van der Waals surface area contributed by atoms with Gasteiger partial charge in [-0.05, 0) is 91.3 Å². The number of halogens is 2. The van der Waals surface area contributed by atoms with Crippen LogP contribution in [0.5, 0.6) is 5.75 Å². The summed E-state index contributed by atoms with van der Waals surface area (Å²) in [6.07, 6.45) is 7.51. The molecular formula is C34H31Br2N3O2. The van der Waals surface area contributed by atoms with Gasteiger partial charge in [-0.3, -0.25) is 0 Å². The Bertz CT molecular complexity index is 1710. The van der Waals surface area contributed by atoms with Gasteiger partial charge in [-0.2, -0.15) is 0 Å². The molecule has 0 saturated heterocycles. The Morgan fingerprint density at radius 1 is 0.659 bits per heavy atom. The normalized spacial score (nSPS) is 11.5. The van der Waals surface area contributed by atoms with Gasteiger partial charge in [0.15, 0.2) is 0 Å². The first-order valence-electron chi connectivity index (χ1n) is 14.2. The lowest BCUT2D eigenvalue weighted by Crippen LogP contribution is -1.97. The Labute approximate surface area is 256 Å². The van der Waals surface area contributed by atoms with Crippen molar-refractivity contribution in [2.45, 2.75) is 45.4 Å². The molecule has 0 aliphatic rings. The predicted molar refractivity (Wildman–Crippen MR) is 174 cm³/mol. The fourth-order valence-electron chi connectivity index (χ4n) is 5.22. The molecule has 0 atom stereocenters. The Morgan fingerprint density at radius 3 is 1.78 bits per heavy atom. The van der Waals surface area contributed by atoms with E-state index in [9.17, 15) is 0 Å². The molecule has 0 amide bonds. The summed E-state index contributed by atoms with van der Waals surface area (Å²) < 4.78 is 16.4. The van der Waals surface area contributed by atoms with Crippen molar-refractivity contribution in [1.82, 2.24) is 14.8 Å². The van der Waals surface area contributed by atoms with Gasteiger partial charge in [0.05, 0.1) is 17.6 Å². The van der Waals surface area contributed by atoms with Crippen LogP contribution in [0.2, 0.25) is 0 Å². The van der Waals surface area contributed by atoms with Gasteiger partial charge in [0.1, 0.15) is 5.75 Å². The SMILES string of the molecule is CCCCCCCCOc1ccc(-c2nnc(-c3ccc(-n4c5ccc(Br)cc5c5cc(Br)ccc54)cc3)o2)cc1. The van der Waals surface area contributed by atoms with E-state index in [4.69, 9.17) is 9.15 Å². The van der Waals surface area contributed by atoms with Crippen molar-refractivity contribution in [1.29, 1.82) is 0 Å². The summed E-state index contributed by atoms with van der Waals surface area (Å²) in [6, 6.07) is 28.9. The fraction of sp³-hybridized carbons (Fsp3) is 0.235. The molecule has 6 rings (SSSR count). The maximum atomic E-state index is 6.06. The van der Waals surface area contributed by atoms with E-state index in [1.165, 1.54) is 42.9 Å². The summed E-state index contributed by atoms with van der Waals surface area (Å²) in [5, 5.41) is 11.0. The number of hydrogen-bond donors (Lipinski definition) is 0. The van der Waals surface area contributed by atoms with Crippen LogP contribution in [-0.4, -0.2) is 21.4 Å². The van der Waals surface area contributed by atoms with E-state index < -0.39 is 0 Å². The summed E-state index contributed by atoms with van der Waals surface area (Å²) in [5.74, 6) is 1.84. The van der Waals surface area contributed by atoms with Gasteiger partial charge in [0, 0.05) is 36.5 Å². The first kappa shape index (κ1) is 27.7. The molecule has 0 bridgehead atoms. The average Bonchev–Trinajstić information content (AvgIpc) is 3.60. The zero-order valence-electron chi connectivity index (χ0n) is 22.9. The first-order valence-corrected chi connectivity index (χ1v) is 15.8. The second-order valence-electron chi connectivity index (χ2n) is 10.3. The summed E-state index contributed by atoms with van der Waals surface area (Å²) in [4.78, 5) is 0. The van der Waals surface area contributed by atoms with Gasteiger partial charge in [-0.15, -0.1) is 10.2 Å². The minimum absolute atomic E-state index is 0.491. The van der Waals surface area contributed by atoms with Crippen molar-refractivity contribution < 1.29 is 9.15 Å². The molecule has 0 N–H and O–H groups in total. The molecule has 5 nitrogen and oxygen atoms in total. The van der Waals surface area contributed by atoms with E-state index >= 15 is 0 Å². The van der Waals surface area contributed by atoms with Crippen LogP contribution in [0.15, 0.2) is 98.3 Å². The molecule has 6 aromatic rings. The number of fused-ring (bicyclic) bond motifs is 3. The van der Waals surface area contributed by atoms with Crippen LogP contribution in [0, 0.1) is 0 Å². The number of unbranched alkanes of at least 4 members (excludes halogenated alkanes) is 5. The summed E-state index contributed by atoms with van der Waals surface area (Å²) in [7, 11) is 0. The molecule has 2 heterocycles. The lowest BCUT2D eigenvalue weighted by atomic mass is 10.1. The van der Waals surface area contributed by atoms with E-state index in [0.717, 1.165) is 55.6 Å². The van der Waals surface area contributed by atoms with Crippen LogP contribution in [-0.2, 0) is 0 Å². The largest absolute Gasteiger partial charge is 0.494 e. The predicted octanol–water partition coefficient (Wildman–Crippen LogP) is 10.8. The number of ether oxygens (including phenoxy) is 1. The van der Waals surface area contributed by atoms with Crippen molar-refractivity contribution in [2.75, 3.05) is 6.61 Å². The van der Waals surface area contributed by atoms with Crippen molar-refractivity contribution >= 4 is 53.7 Å². The topological polar surface area (TPSA) is 53.1 Å². The second kappa shape index (κ2) is 12.6. The summed E-state index contributed by atoms with van der Waals surface area (Å²) in [6.45, 7) is 2.99. The Balaban J connectivity index is 1.17. The van der Waals surface area contributed by atoms with Gasteiger partial charge < -0.3 is 13.7 Å². The van der Waals surface area contributed by atoms with Crippen molar-refractivity contribution in [3.05, 3.63) is 93.9 Å². The Hall–Kier alpha value is -3.42. The van der Waals surface area contributed by atoms with Gasteiger partial charge in [0.2, 0.25) is 11.8 Å². The van der Waals surface area contributed by atoms with Crippen molar-refractivity contribution in [3.8, 4) is 34.3 Å². The van der Waals surface area contributed by atoms with Crippen LogP contribution < -0.4 is 4.74 Å². The number of benzene rings is 4. The van der Waals surface area contributed by atoms with Gasteiger partial charge in [0.25, 0.3) is 0 Å². The van der Waals surface area contributed by atoms with Crippen LogP contribution in [0.25, 0.3) is 50.4 Å². The molecule has 0 unspecified atom stereocenters. The van der Waals surface area contributed by atoms with Crippen LogP contribution in [0.3, 0.4) is 0 Å². The Kier molecular flexibility index (Phi) is 8.54. The highest BCUT2D eigenvalue weighted by atomic mass is 79.9. The molecule has 7 heteroatoms. The van der Waals surface area contributed by atoms with Crippen molar-refractivity contribution in [2.24, 2.45) is 0 Å². The summed E-state index contributed by atoms with van der Waals surface area (Å²) >= 11 is 7.26. The van der Waals surface area contributed by atoms with Crippen molar-refractivity contribution in [3.63, 3.8) is 0 Å². The highest BCUT2D eigenvalue weighted by molar-refractivity contribution is 9.10. The maximum Gasteiger partial charge on any atom is 0.248 e.